The molecule has 0 unspecified atom stereocenters. The zero-order chi connectivity index (χ0) is 21.8. The third-order valence-corrected chi connectivity index (χ3v) is 7.48. The summed E-state index contributed by atoms with van der Waals surface area (Å²) in [5.74, 6) is 0.637. The molecule has 1 atom stereocenters. The number of nitrogens with one attached hydrogen (secondary N) is 1. The van der Waals surface area contributed by atoms with Crippen LogP contribution in [0.3, 0.4) is 0 Å². The lowest BCUT2D eigenvalue weighted by Gasteiger charge is -2.26. The van der Waals surface area contributed by atoms with Gasteiger partial charge in [-0.2, -0.15) is 5.10 Å². The predicted molar refractivity (Wildman–Crippen MR) is 116 cm³/mol. The Bertz CT molecular complexity index is 1010. The van der Waals surface area contributed by atoms with Crippen molar-refractivity contribution >= 4 is 15.7 Å². The molecule has 0 spiro atoms. The van der Waals surface area contributed by atoms with Crippen LogP contribution in [0, 0.1) is 0 Å². The van der Waals surface area contributed by atoms with Crippen LogP contribution in [-0.4, -0.2) is 87.0 Å². The van der Waals surface area contributed by atoms with Crippen LogP contribution in [0.2, 0.25) is 0 Å². The quantitative estimate of drug-likeness (QED) is 0.674. The molecule has 31 heavy (non-hydrogen) atoms. The van der Waals surface area contributed by atoms with Crippen molar-refractivity contribution in [2.24, 2.45) is 0 Å². The normalized spacial score (nSPS) is 21.1. The average Bonchev–Trinajstić information content (AvgIpc) is 3.38. The molecule has 0 radical (unpaired) electrons. The van der Waals surface area contributed by atoms with E-state index in [-0.39, 0.29) is 29.1 Å². The number of carbonyl (C=O) groups is 1. The molecule has 2 saturated heterocycles. The first-order valence-corrected chi connectivity index (χ1v) is 12.3. The van der Waals surface area contributed by atoms with Crippen molar-refractivity contribution in [2.45, 2.75) is 12.5 Å². The summed E-state index contributed by atoms with van der Waals surface area (Å²) in [4.78, 5) is 15.0. The number of sulfone groups is 1. The lowest BCUT2D eigenvalue weighted by Crippen LogP contribution is -2.41. The fourth-order valence-corrected chi connectivity index (χ4v) is 5.66. The van der Waals surface area contributed by atoms with Crippen LogP contribution in [0.5, 0.6) is 5.75 Å². The Labute approximate surface area is 182 Å². The molecule has 2 fully saturated rings. The highest BCUT2D eigenvalue weighted by Gasteiger charge is 2.32. The molecular formula is C21H28N4O5S. The summed E-state index contributed by atoms with van der Waals surface area (Å²) in [7, 11) is -1.49. The smallest absolute Gasteiger partial charge is 0.271 e. The highest BCUT2D eigenvalue weighted by Crippen LogP contribution is 2.31. The van der Waals surface area contributed by atoms with Crippen molar-refractivity contribution in [3.8, 4) is 17.0 Å². The van der Waals surface area contributed by atoms with Crippen molar-refractivity contribution in [3.05, 3.63) is 36.0 Å². The highest BCUT2D eigenvalue weighted by molar-refractivity contribution is 7.91. The van der Waals surface area contributed by atoms with Crippen molar-refractivity contribution in [3.63, 3.8) is 0 Å². The van der Waals surface area contributed by atoms with Crippen molar-refractivity contribution in [2.75, 3.05) is 58.0 Å². The molecule has 0 aliphatic carbocycles. The molecule has 10 heteroatoms. The van der Waals surface area contributed by atoms with E-state index in [0.717, 1.165) is 36.6 Å². The number of carbonyl (C=O) groups excluding carboxylic acids is 1. The molecule has 0 bridgehead atoms. The van der Waals surface area contributed by atoms with Crippen LogP contribution in [0.15, 0.2) is 30.3 Å². The molecular weight excluding hydrogens is 420 g/mol. The third-order valence-electron chi connectivity index (χ3n) is 5.73. The summed E-state index contributed by atoms with van der Waals surface area (Å²) in [6.45, 7) is 4.43. The Hall–Kier alpha value is -2.43. The fraction of sp³-hybridized carbons (Fsp3) is 0.524. The number of hydrogen-bond donors (Lipinski definition) is 1. The minimum absolute atomic E-state index is 0.0376. The summed E-state index contributed by atoms with van der Waals surface area (Å²) < 4.78 is 36.3. The lowest BCUT2D eigenvalue weighted by atomic mass is 10.1. The third kappa shape index (κ3) is 5.25. The fourth-order valence-electron chi connectivity index (χ4n) is 3.97. The maximum atomic E-state index is 12.8. The van der Waals surface area contributed by atoms with E-state index < -0.39 is 9.84 Å². The average molecular weight is 449 g/mol. The maximum absolute atomic E-state index is 12.8. The summed E-state index contributed by atoms with van der Waals surface area (Å²) in [6.07, 6.45) is 0.491. The van der Waals surface area contributed by atoms with Crippen LogP contribution in [0.25, 0.3) is 11.3 Å². The molecule has 1 aromatic carbocycles. The molecule has 0 saturated carbocycles. The van der Waals surface area contributed by atoms with Crippen molar-refractivity contribution in [1.29, 1.82) is 0 Å². The van der Waals surface area contributed by atoms with Crippen LogP contribution < -0.4 is 10.1 Å². The number of methoxy groups -OCH3 is 1. The zero-order valence-corrected chi connectivity index (χ0v) is 18.4. The van der Waals surface area contributed by atoms with Crippen LogP contribution in [-0.2, 0) is 14.6 Å². The molecule has 1 N–H and O–H groups in total. The van der Waals surface area contributed by atoms with Gasteiger partial charge < -0.3 is 14.8 Å². The molecule has 2 aliphatic heterocycles. The van der Waals surface area contributed by atoms with E-state index in [1.54, 1.807) is 17.9 Å². The van der Waals surface area contributed by atoms with Gasteiger partial charge in [-0.15, -0.1) is 0 Å². The Balaban J connectivity index is 1.52. The van der Waals surface area contributed by atoms with Crippen LogP contribution in [0.4, 0.5) is 0 Å². The summed E-state index contributed by atoms with van der Waals surface area (Å²) >= 11 is 0. The second-order valence-electron chi connectivity index (χ2n) is 7.85. The van der Waals surface area contributed by atoms with Crippen LogP contribution in [0.1, 0.15) is 23.0 Å². The SMILES string of the molecule is COc1ccc(-c2cc(C(=O)NCCN3CCOCC3)nn2[C@H]2CCS(=O)(=O)C2)cc1. The largest absolute Gasteiger partial charge is 0.497 e. The minimum atomic E-state index is -3.09. The number of benzene rings is 1. The van der Waals surface area contributed by atoms with E-state index in [1.807, 2.05) is 24.3 Å². The van der Waals surface area contributed by atoms with Gasteiger partial charge in [0.15, 0.2) is 15.5 Å². The first kappa shape index (κ1) is 21.8. The Kier molecular flexibility index (Phi) is 6.59. The number of aromatic nitrogens is 2. The number of hydrogen-bond acceptors (Lipinski definition) is 7. The monoisotopic (exact) mass is 448 g/mol. The van der Waals surface area contributed by atoms with E-state index in [9.17, 15) is 13.2 Å². The Morgan fingerprint density at radius 1 is 1.26 bits per heavy atom. The first-order chi connectivity index (χ1) is 14.9. The first-order valence-electron chi connectivity index (χ1n) is 10.5. The predicted octanol–water partition coefficient (Wildman–Crippen LogP) is 0.980. The van der Waals surface area contributed by atoms with Gasteiger partial charge in [-0.05, 0) is 36.8 Å². The van der Waals surface area contributed by atoms with Gasteiger partial charge >= 0.3 is 0 Å². The number of ether oxygens (including phenoxy) is 2. The van der Waals surface area contributed by atoms with Gasteiger partial charge in [0.1, 0.15) is 5.75 Å². The summed E-state index contributed by atoms with van der Waals surface area (Å²) in [6, 6.07) is 8.89. The molecule has 2 aromatic rings. The Morgan fingerprint density at radius 3 is 2.65 bits per heavy atom. The van der Waals surface area contributed by atoms with E-state index in [1.165, 1.54) is 0 Å². The Morgan fingerprint density at radius 2 is 2.00 bits per heavy atom. The van der Waals surface area contributed by atoms with Gasteiger partial charge in [-0.25, -0.2) is 8.42 Å². The summed E-state index contributed by atoms with van der Waals surface area (Å²) in [5, 5.41) is 7.45. The number of rotatable bonds is 7. The lowest BCUT2D eigenvalue weighted by molar-refractivity contribution is 0.0383. The van der Waals surface area contributed by atoms with Gasteiger partial charge in [0.05, 0.1) is 43.6 Å². The second kappa shape index (κ2) is 9.37. The van der Waals surface area contributed by atoms with E-state index in [0.29, 0.717) is 26.2 Å². The van der Waals surface area contributed by atoms with Crippen LogP contribution >= 0.6 is 0 Å². The molecule has 1 amide bonds. The summed E-state index contributed by atoms with van der Waals surface area (Å²) in [5.41, 5.74) is 1.87. The molecule has 2 aliphatic rings. The molecule has 1 aromatic heterocycles. The van der Waals surface area contributed by atoms with Gasteiger partial charge in [0.25, 0.3) is 5.91 Å². The zero-order valence-electron chi connectivity index (χ0n) is 17.6. The van der Waals surface area contributed by atoms with E-state index >= 15 is 0 Å². The van der Waals surface area contributed by atoms with Gasteiger partial charge in [0.2, 0.25) is 0 Å². The van der Waals surface area contributed by atoms with Gasteiger partial charge in [-0.1, -0.05) is 0 Å². The standard InChI is InChI=1S/C21H28N4O5S/c1-29-18-4-2-16(3-5-18)20-14-19(23-25(20)17-6-13-31(27,28)15-17)21(26)22-7-8-24-9-11-30-12-10-24/h2-5,14,17H,6-13,15H2,1H3,(H,22,26)/t17-/m0/s1. The number of amides is 1. The molecule has 4 rings (SSSR count). The van der Waals surface area contributed by atoms with E-state index in [4.69, 9.17) is 9.47 Å². The molecule has 168 valence electrons. The number of morpholine rings is 1. The molecule has 9 nitrogen and oxygen atoms in total. The topological polar surface area (TPSA) is 103 Å². The van der Waals surface area contributed by atoms with Gasteiger partial charge in [0, 0.05) is 31.7 Å². The van der Waals surface area contributed by atoms with Crippen molar-refractivity contribution < 1.29 is 22.7 Å². The maximum Gasteiger partial charge on any atom is 0.271 e. The van der Waals surface area contributed by atoms with E-state index in [2.05, 4.69) is 15.3 Å². The minimum Gasteiger partial charge on any atom is -0.497 e. The highest BCUT2D eigenvalue weighted by atomic mass is 32.2. The second-order valence-corrected chi connectivity index (χ2v) is 10.1. The molecule has 3 heterocycles. The van der Waals surface area contributed by atoms with Crippen molar-refractivity contribution in [1.82, 2.24) is 20.0 Å². The number of nitrogens with zero attached hydrogens (tertiary/aromatic N) is 3. The van der Waals surface area contributed by atoms with Gasteiger partial charge in [-0.3, -0.25) is 14.4 Å².